The second-order valence-electron chi connectivity index (χ2n) is 28.0. The highest BCUT2D eigenvalue weighted by atomic mass is 31.2. The van der Waals surface area contributed by atoms with E-state index in [9.17, 15) is 0 Å². The maximum atomic E-state index is 16.3. The van der Waals surface area contributed by atoms with Gasteiger partial charge in [-0.05, 0) is 98.5 Å². The van der Waals surface area contributed by atoms with Crippen molar-refractivity contribution in [2.45, 2.75) is 179 Å². The Labute approximate surface area is 614 Å². The van der Waals surface area contributed by atoms with Gasteiger partial charge in [0, 0.05) is 140 Å². The van der Waals surface area contributed by atoms with Crippen LogP contribution < -0.4 is 59.1 Å². The fourth-order valence-electron chi connectivity index (χ4n) is 16.4. The molecule has 8 bridgehead atoms. The van der Waals surface area contributed by atoms with Crippen LogP contribution in [0, 0.1) is 0 Å². The van der Waals surface area contributed by atoms with Gasteiger partial charge in [-0.1, -0.05) is 178 Å². The van der Waals surface area contributed by atoms with Crippen molar-refractivity contribution in [2.75, 3.05) is 55.6 Å². The van der Waals surface area contributed by atoms with Crippen molar-refractivity contribution >= 4 is 50.7 Å². The topological polar surface area (TPSA) is 179 Å². The molecule has 0 fully saturated rings. The molecule has 552 valence electrons. The number of hydrogen-bond acceptors (Lipinski definition) is 16. The molecule has 13 rings (SSSR count). The Hall–Kier alpha value is -7.08. The zero-order chi connectivity index (χ0) is 72.6. The van der Waals surface area contributed by atoms with Gasteiger partial charge in [-0.2, -0.15) is 0 Å². The van der Waals surface area contributed by atoms with E-state index in [-0.39, 0.29) is 51.8 Å². The van der Waals surface area contributed by atoms with Crippen LogP contribution in [0.2, 0.25) is 0 Å². The van der Waals surface area contributed by atoms with Crippen LogP contribution in [0.3, 0.4) is 0 Å². The van der Waals surface area contributed by atoms with Crippen LogP contribution in [-0.2, 0) is 61.0 Å². The van der Waals surface area contributed by atoms with Crippen molar-refractivity contribution in [3.05, 3.63) is 212 Å². The normalized spacial score (nSPS) is 19.1. The third-order valence-electron chi connectivity index (χ3n) is 21.8. The summed E-state index contributed by atoms with van der Waals surface area (Å²) in [6.07, 6.45) is 12.3. The standard InChI is InChI=1S/C84H100O16P4/c1-9-13-21-41-61-65-45-67-62(42-22-14-10-2)69-47-71-64(44-24-16-12-4)72-48-70-63(43-23-15-11-3)68-46-66(61)78-74(50-102(86,90-6)58-35-27-18-28-36-58)80(68)96-55-98-82(70)76(52-104(88,92-8)60-39-31-20-32-40-60)84(72)100-56-99-83(71)75(51-103(87,91-7)59-37-29-19-30-38-59)81(69)97-54-95-79(67)73(77(65)93-53-94-78)49-101(85,89-5)57-33-25-17-26-34-57/h17-20,25-40,45-48,61-64H,9-16,21-24,41-44,49-56H2,1-8H3. The van der Waals surface area contributed by atoms with E-state index < -0.39 is 53.1 Å². The van der Waals surface area contributed by atoms with Crippen LogP contribution in [0.1, 0.15) is 221 Å². The highest BCUT2D eigenvalue weighted by Gasteiger charge is 2.46. The van der Waals surface area contributed by atoms with E-state index in [4.69, 9.17) is 56.0 Å². The van der Waals surface area contributed by atoms with Crippen molar-refractivity contribution in [3.63, 3.8) is 0 Å². The van der Waals surface area contributed by atoms with E-state index in [2.05, 4.69) is 52.0 Å². The van der Waals surface area contributed by atoms with Gasteiger partial charge in [-0.3, -0.25) is 18.3 Å². The Kier molecular flexibility index (Phi) is 24.1. The van der Waals surface area contributed by atoms with Crippen LogP contribution in [0.15, 0.2) is 146 Å². The summed E-state index contributed by atoms with van der Waals surface area (Å²) < 4.78 is 149. The van der Waals surface area contributed by atoms with Crippen molar-refractivity contribution in [2.24, 2.45) is 0 Å². The van der Waals surface area contributed by atoms with Crippen LogP contribution in [0.25, 0.3) is 0 Å². The average molecular weight is 1490 g/mol. The molecule has 4 heterocycles. The predicted octanol–water partition coefficient (Wildman–Crippen LogP) is 20.8. The molecule has 5 aliphatic rings. The molecule has 0 N–H and O–H groups in total. The van der Waals surface area contributed by atoms with Gasteiger partial charge in [-0.15, -0.1) is 0 Å². The molecule has 0 radical (unpaired) electrons. The molecule has 0 saturated heterocycles. The Balaban J connectivity index is 1.25. The van der Waals surface area contributed by atoms with Crippen molar-refractivity contribution in [3.8, 4) is 46.0 Å². The molecule has 16 nitrogen and oxygen atoms in total. The average Bonchev–Trinajstić information content (AvgIpc) is 0.722. The number of unbranched alkanes of at least 4 members (excludes halogenated alkanes) is 8. The lowest BCUT2D eigenvalue weighted by Gasteiger charge is -2.38. The van der Waals surface area contributed by atoms with E-state index in [1.54, 1.807) is 0 Å². The summed E-state index contributed by atoms with van der Waals surface area (Å²) in [6, 6.07) is 46.6. The van der Waals surface area contributed by atoms with Crippen LogP contribution in [0.4, 0.5) is 0 Å². The van der Waals surface area contributed by atoms with Gasteiger partial charge in [0.2, 0.25) is 56.6 Å². The van der Waals surface area contributed by atoms with Gasteiger partial charge in [0.1, 0.15) is 46.0 Å². The second-order valence-corrected chi connectivity index (χ2v) is 38.2. The molecule has 4 unspecified atom stereocenters. The summed E-state index contributed by atoms with van der Waals surface area (Å²) >= 11 is 0. The van der Waals surface area contributed by atoms with Gasteiger partial charge in [0.15, 0.2) is 0 Å². The number of rotatable bonds is 32. The van der Waals surface area contributed by atoms with Gasteiger partial charge in [-0.25, -0.2) is 0 Å². The smallest absolute Gasteiger partial charge is 0.236 e. The van der Waals surface area contributed by atoms with Crippen LogP contribution >= 0.6 is 29.5 Å². The highest BCUT2D eigenvalue weighted by molar-refractivity contribution is 7.67. The lowest BCUT2D eigenvalue weighted by Crippen LogP contribution is -2.26. The predicted molar refractivity (Wildman–Crippen MR) is 412 cm³/mol. The first-order valence-electron chi connectivity index (χ1n) is 37.3. The minimum atomic E-state index is -3.83. The first-order valence-corrected chi connectivity index (χ1v) is 44.6. The summed E-state index contributed by atoms with van der Waals surface area (Å²) in [4.78, 5) is 0. The molecule has 0 aromatic heterocycles. The fourth-order valence-corrected chi connectivity index (χ4v) is 23.8. The van der Waals surface area contributed by atoms with Gasteiger partial charge in [0.05, 0.1) is 24.6 Å². The maximum absolute atomic E-state index is 16.3. The van der Waals surface area contributed by atoms with E-state index >= 15 is 18.3 Å². The van der Waals surface area contributed by atoms with E-state index in [1.807, 2.05) is 121 Å². The number of benzene rings is 8. The molecule has 1 aliphatic carbocycles. The summed E-state index contributed by atoms with van der Waals surface area (Å²) in [5.74, 6) is 1.61. The van der Waals surface area contributed by atoms with Crippen molar-refractivity contribution in [1.29, 1.82) is 0 Å². The molecule has 0 saturated carbocycles. The minimum Gasteiger partial charge on any atom is -0.457 e. The molecule has 8 aromatic carbocycles. The van der Waals surface area contributed by atoms with Crippen LogP contribution in [0.5, 0.6) is 46.0 Å². The Bertz CT molecular complexity index is 3840. The Morgan fingerprint density at radius 1 is 0.279 bits per heavy atom. The molecule has 8 aromatic rings. The molecule has 4 aliphatic heterocycles. The molecular formula is C84H100O16P4. The minimum absolute atomic E-state index is 0.126. The Morgan fingerprint density at radius 3 is 0.606 bits per heavy atom. The van der Waals surface area contributed by atoms with Gasteiger partial charge < -0.3 is 56.0 Å². The summed E-state index contributed by atoms with van der Waals surface area (Å²) in [6.45, 7) is 7.46. The van der Waals surface area contributed by atoms with E-state index in [0.717, 1.165) is 122 Å². The monoisotopic (exact) mass is 1490 g/mol. The zero-order valence-electron chi connectivity index (χ0n) is 61.5. The van der Waals surface area contributed by atoms with Crippen molar-refractivity contribution < 1.29 is 74.3 Å². The summed E-state index contributed by atoms with van der Waals surface area (Å²) in [5.41, 5.74) is 8.84. The SMILES string of the molecule is CCCCCC1c2cc3c4c(CP(=O)(OC)c5ccccc5)c2OCOc2c1cc1c(c2CP(=O)(OC)c2ccccc2)OCOc2c(cc5c(c2CP(=O)(OC)c2ccccc2)OCOc2c(cc(c(c2CP(=O)(OC)c2ccccc2)OCO4)C3CCCCC)C5CCCCC)C1CCCCC. The molecule has 104 heavy (non-hydrogen) atoms. The first kappa shape index (κ1) is 75.2. The highest BCUT2D eigenvalue weighted by Crippen LogP contribution is 2.65. The Morgan fingerprint density at radius 2 is 0.452 bits per heavy atom. The fraction of sp³-hybridized carbons (Fsp3) is 0.429. The summed E-state index contributed by atoms with van der Waals surface area (Å²) in [7, 11) is -9.31. The summed E-state index contributed by atoms with van der Waals surface area (Å²) in [5, 5.41) is 2.12. The largest absolute Gasteiger partial charge is 0.457 e. The third-order valence-corrected chi connectivity index (χ3v) is 31.4. The van der Waals surface area contributed by atoms with E-state index in [0.29, 0.717) is 115 Å². The van der Waals surface area contributed by atoms with Gasteiger partial charge in [0.25, 0.3) is 0 Å². The lowest BCUT2D eigenvalue weighted by molar-refractivity contribution is 0.0949. The van der Waals surface area contributed by atoms with Crippen LogP contribution in [-0.4, -0.2) is 55.6 Å². The molecule has 20 heteroatoms. The van der Waals surface area contributed by atoms with Gasteiger partial charge >= 0.3 is 0 Å². The number of ether oxygens (including phenoxy) is 8. The zero-order valence-corrected chi connectivity index (χ0v) is 65.0. The number of hydrogen-bond donors (Lipinski definition) is 0. The molecular weight excluding hydrogens is 1390 g/mol. The maximum Gasteiger partial charge on any atom is 0.236 e. The molecule has 0 amide bonds. The first-order chi connectivity index (χ1) is 50.7. The van der Waals surface area contributed by atoms with Crippen molar-refractivity contribution in [1.82, 2.24) is 0 Å². The quantitative estimate of drug-likeness (QED) is 0.0287. The second kappa shape index (κ2) is 33.4. The van der Waals surface area contributed by atoms with E-state index in [1.165, 1.54) is 28.4 Å². The molecule has 0 spiro atoms. The molecule has 4 atom stereocenters. The third kappa shape index (κ3) is 14.9. The lowest BCUT2D eigenvalue weighted by atomic mass is 9.74.